The fraction of sp³-hybridized carbons (Fsp3) is 0.667. The van der Waals surface area contributed by atoms with Crippen molar-refractivity contribution >= 4 is 17.2 Å². The quantitative estimate of drug-likeness (QED) is 0.805. The van der Waals surface area contributed by atoms with Crippen LogP contribution in [-0.2, 0) is 16.1 Å². The number of carbonyl (C=O) groups excluding carboxylic acids is 1. The van der Waals surface area contributed by atoms with Crippen LogP contribution in [0, 0.1) is 12.8 Å². The van der Waals surface area contributed by atoms with Crippen LogP contribution in [0.25, 0.3) is 0 Å². The van der Waals surface area contributed by atoms with Crippen molar-refractivity contribution in [2.24, 2.45) is 5.92 Å². The lowest BCUT2D eigenvalue weighted by Crippen LogP contribution is -2.35. The lowest BCUT2D eigenvalue weighted by atomic mass is 10.1. The van der Waals surface area contributed by atoms with E-state index in [4.69, 9.17) is 4.74 Å². The zero-order valence-corrected chi connectivity index (χ0v) is 13.4. The summed E-state index contributed by atoms with van der Waals surface area (Å²) in [7, 11) is 3.43. The molecule has 0 saturated carbocycles. The van der Waals surface area contributed by atoms with Crippen LogP contribution < -0.4 is 0 Å². The van der Waals surface area contributed by atoms with Gasteiger partial charge >= 0.3 is 0 Å². The van der Waals surface area contributed by atoms with Crippen molar-refractivity contribution in [3.63, 3.8) is 0 Å². The summed E-state index contributed by atoms with van der Waals surface area (Å²) in [5.74, 6) is 0.654. The van der Waals surface area contributed by atoms with Crippen LogP contribution in [0.15, 0.2) is 12.1 Å². The van der Waals surface area contributed by atoms with Gasteiger partial charge in [-0.25, -0.2) is 0 Å². The van der Waals surface area contributed by atoms with Crippen LogP contribution in [0.1, 0.15) is 16.2 Å². The third kappa shape index (κ3) is 4.30. The molecule has 112 valence electrons. The van der Waals surface area contributed by atoms with Gasteiger partial charge in [0.1, 0.15) is 6.61 Å². The number of likely N-dealkylation sites (N-methyl/N-ethyl adjacent to an activating group) is 1. The number of methoxy groups -OCH3 is 1. The van der Waals surface area contributed by atoms with E-state index in [-0.39, 0.29) is 12.5 Å². The van der Waals surface area contributed by atoms with Crippen molar-refractivity contribution < 1.29 is 9.53 Å². The minimum Gasteiger partial charge on any atom is -0.375 e. The fourth-order valence-corrected chi connectivity index (χ4v) is 3.65. The van der Waals surface area contributed by atoms with Crippen LogP contribution in [0.4, 0.5) is 0 Å². The number of rotatable bonds is 6. The lowest BCUT2D eigenvalue weighted by molar-refractivity contribution is -0.134. The Balaban J connectivity index is 1.76. The molecule has 0 N–H and O–H groups in total. The Morgan fingerprint density at radius 3 is 3.00 bits per heavy atom. The molecule has 1 fully saturated rings. The number of amides is 1. The predicted octanol–water partition coefficient (Wildman–Crippen LogP) is 1.98. The van der Waals surface area contributed by atoms with E-state index in [1.54, 1.807) is 12.0 Å². The number of ether oxygens (including phenoxy) is 1. The summed E-state index contributed by atoms with van der Waals surface area (Å²) in [6, 6.07) is 4.41. The van der Waals surface area contributed by atoms with E-state index in [0.29, 0.717) is 5.92 Å². The van der Waals surface area contributed by atoms with E-state index < -0.39 is 0 Å². The van der Waals surface area contributed by atoms with Gasteiger partial charge in [-0.2, -0.15) is 0 Å². The van der Waals surface area contributed by atoms with Gasteiger partial charge in [-0.1, -0.05) is 0 Å². The molecule has 1 saturated heterocycles. The van der Waals surface area contributed by atoms with E-state index in [9.17, 15) is 4.79 Å². The number of aryl methyl sites for hydroxylation is 1. The topological polar surface area (TPSA) is 32.8 Å². The molecule has 1 aromatic rings. The van der Waals surface area contributed by atoms with Crippen LogP contribution in [0.3, 0.4) is 0 Å². The first-order valence-electron chi connectivity index (χ1n) is 7.09. The van der Waals surface area contributed by atoms with Crippen LogP contribution >= 0.6 is 11.3 Å². The minimum atomic E-state index is 0.0693. The zero-order valence-electron chi connectivity index (χ0n) is 12.6. The Kier molecular flexibility index (Phi) is 5.57. The van der Waals surface area contributed by atoms with Crippen molar-refractivity contribution in [1.29, 1.82) is 0 Å². The van der Waals surface area contributed by atoms with Gasteiger partial charge in [0, 0.05) is 43.5 Å². The summed E-state index contributed by atoms with van der Waals surface area (Å²) >= 11 is 1.88. The lowest BCUT2D eigenvalue weighted by Gasteiger charge is -2.21. The third-order valence-corrected chi connectivity index (χ3v) is 4.76. The summed E-state index contributed by atoms with van der Waals surface area (Å²) < 4.78 is 4.89. The maximum atomic E-state index is 11.7. The molecule has 1 amide bonds. The Labute approximate surface area is 125 Å². The maximum absolute atomic E-state index is 11.7. The van der Waals surface area contributed by atoms with Crippen molar-refractivity contribution in [2.45, 2.75) is 19.9 Å². The first-order valence-corrected chi connectivity index (χ1v) is 7.90. The van der Waals surface area contributed by atoms with Crippen molar-refractivity contribution in [3.05, 3.63) is 21.9 Å². The smallest absolute Gasteiger partial charge is 0.248 e. The second-order valence-corrected chi connectivity index (χ2v) is 6.98. The summed E-state index contributed by atoms with van der Waals surface area (Å²) in [5.41, 5.74) is 0. The molecule has 0 radical (unpaired) electrons. The zero-order chi connectivity index (χ0) is 14.5. The van der Waals surface area contributed by atoms with Gasteiger partial charge in [-0.15, -0.1) is 11.3 Å². The average molecular weight is 296 g/mol. The number of nitrogens with zero attached hydrogens (tertiary/aromatic N) is 2. The predicted molar refractivity (Wildman–Crippen MR) is 82.0 cm³/mol. The number of likely N-dealkylation sites (tertiary alicyclic amines) is 1. The highest BCUT2D eigenvalue weighted by atomic mass is 32.1. The molecule has 0 spiro atoms. The molecule has 1 aliphatic heterocycles. The first kappa shape index (κ1) is 15.5. The number of hydrogen-bond acceptors (Lipinski definition) is 4. The van der Waals surface area contributed by atoms with E-state index in [2.05, 4.69) is 24.0 Å². The Morgan fingerprint density at radius 2 is 2.35 bits per heavy atom. The monoisotopic (exact) mass is 296 g/mol. The van der Waals surface area contributed by atoms with Crippen LogP contribution in [0.2, 0.25) is 0 Å². The second kappa shape index (κ2) is 7.20. The molecule has 0 aliphatic carbocycles. The molecular weight excluding hydrogens is 272 g/mol. The number of hydrogen-bond donors (Lipinski definition) is 0. The highest BCUT2D eigenvalue weighted by molar-refractivity contribution is 7.11. The Hall–Kier alpha value is -0.910. The van der Waals surface area contributed by atoms with Gasteiger partial charge in [-0.05, 0) is 37.9 Å². The van der Waals surface area contributed by atoms with E-state index in [1.807, 2.05) is 18.4 Å². The summed E-state index contributed by atoms with van der Waals surface area (Å²) in [6.45, 7) is 6.43. The molecule has 2 heterocycles. The molecule has 1 aromatic heterocycles. The van der Waals surface area contributed by atoms with Gasteiger partial charge in [-0.3, -0.25) is 9.69 Å². The summed E-state index contributed by atoms with van der Waals surface area (Å²) in [6.07, 6.45) is 1.18. The number of thiophene rings is 1. The van der Waals surface area contributed by atoms with Crippen LogP contribution in [0.5, 0.6) is 0 Å². The standard InChI is InChI=1S/C15H24N2O2S/c1-12-4-5-14(20-12)10-17-7-6-13(9-17)8-16(2)15(18)11-19-3/h4-5,13H,6-11H2,1-3H3/t13-/m0/s1. The summed E-state index contributed by atoms with van der Waals surface area (Å²) in [4.78, 5) is 18.8. The fourth-order valence-electron chi connectivity index (χ4n) is 2.72. The molecular formula is C15H24N2O2S. The Morgan fingerprint density at radius 1 is 1.55 bits per heavy atom. The average Bonchev–Trinajstić information content (AvgIpc) is 3.00. The molecule has 1 atom stereocenters. The molecule has 2 rings (SSSR count). The summed E-state index contributed by atoms with van der Waals surface area (Å²) in [5, 5.41) is 0. The maximum Gasteiger partial charge on any atom is 0.248 e. The first-order chi connectivity index (χ1) is 9.58. The molecule has 1 aliphatic rings. The molecule has 4 nitrogen and oxygen atoms in total. The highest BCUT2D eigenvalue weighted by Gasteiger charge is 2.25. The molecule has 0 bridgehead atoms. The SMILES string of the molecule is COCC(=O)N(C)C[C@@H]1CCN(Cc2ccc(C)s2)C1. The van der Waals surface area contributed by atoms with Crippen molar-refractivity contribution in [3.8, 4) is 0 Å². The molecule has 20 heavy (non-hydrogen) atoms. The van der Waals surface area contributed by atoms with Gasteiger partial charge < -0.3 is 9.64 Å². The van der Waals surface area contributed by atoms with Crippen molar-refractivity contribution in [2.75, 3.05) is 40.4 Å². The normalized spacial score (nSPS) is 19.4. The third-order valence-electron chi connectivity index (χ3n) is 3.77. The van der Waals surface area contributed by atoms with Gasteiger partial charge in [0.25, 0.3) is 0 Å². The Bertz CT molecular complexity index is 447. The minimum absolute atomic E-state index is 0.0693. The van der Waals surface area contributed by atoms with Gasteiger partial charge in [0.2, 0.25) is 5.91 Å². The molecule has 0 aromatic carbocycles. The number of carbonyl (C=O) groups is 1. The van der Waals surface area contributed by atoms with Gasteiger partial charge in [0.15, 0.2) is 0 Å². The van der Waals surface area contributed by atoms with E-state index in [1.165, 1.54) is 16.2 Å². The largest absolute Gasteiger partial charge is 0.375 e. The van der Waals surface area contributed by atoms with Crippen molar-refractivity contribution in [1.82, 2.24) is 9.80 Å². The second-order valence-electron chi connectivity index (χ2n) is 5.61. The van der Waals surface area contributed by atoms with Crippen LogP contribution in [-0.4, -0.2) is 56.1 Å². The highest BCUT2D eigenvalue weighted by Crippen LogP contribution is 2.22. The molecule has 0 unspecified atom stereocenters. The van der Waals surface area contributed by atoms with Gasteiger partial charge in [0.05, 0.1) is 0 Å². The van der Waals surface area contributed by atoms with E-state index >= 15 is 0 Å². The van der Waals surface area contributed by atoms with E-state index in [0.717, 1.165) is 26.2 Å². The molecule has 5 heteroatoms.